The molecule has 0 aliphatic heterocycles. The highest BCUT2D eigenvalue weighted by molar-refractivity contribution is 6.03. The largest absolute Gasteiger partial charge is 0.472 e. The van der Waals surface area contributed by atoms with Gasteiger partial charge in [-0.2, -0.15) is 0 Å². The number of ketones is 1. The van der Waals surface area contributed by atoms with Gasteiger partial charge in [0, 0.05) is 11.0 Å². The Kier molecular flexibility index (Phi) is 1.27. The third-order valence-corrected chi connectivity index (χ3v) is 3.65. The minimum atomic E-state index is 0.0247. The average Bonchev–Trinajstić information content (AvgIpc) is 2.50. The van der Waals surface area contributed by atoms with E-state index in [0.717, 1.165) is 36.8 Å². The van der Waals surface area contributed by atoms with Crippen molar-refractivity contribution in [1.82, 2.24) is 0 Å². The Morgan fingerprint density at radius 3 is 2.77 bits per heavy atom. The summed E-state index contributed by atoms with van der Waals surface area (Å²) >= 11 is 0. The summed E-state index contributed by atoms with van der Waals surface area (Å²) in [6.45, 7) is 0. The zero-order valence-electron chi connectivity index (χ0n) is 7.51. The van der Waals surface area contributed by atoms with Crippen LogP contribution in [0.25, 0.3) is 0 Å². The van der Waals surface area contributed by atoms with Crippen LogP contribution in [0, 0.1) is 5.41 Å². The molecule has 0 atom stereocenters. The van der Waals surface area contributed by atoms with Crippen LogP contribution in [0.2, 0.25) is 0 Å². The molecule has 0 N–H and O–H groups in total. The van der Waals surface area contributed by atoms with E-state index in [4.69, 9.17) is 4.42 Å². The van der Waals surface area contributed by atoms with E-state index in [1.807, 2.05) is 0 Å². The summed E-state index contributed by atoms with van der Waals surface area (Å²) in [7, 11) is 0. The van der Waals surface area contributed by atoms with Crippen molar-refractivity contribution in [2.24, 2.45) is 5.41 Å². The molecule has 2 heteroatoms. The summed E-state index contributed by atoms with van der Waals surface area (Å²) in [6.07, 6.45) is 8.82. The van der Waals surface area contributed by atoms with Gasteiger partial charge >= 0.3 is 0 Å². The minimum Gasteiger partial charge on any atom is -0.472 e. The number of hydrogen-bond acceptors (Lipinski definition) is 2. The first-order chi connectivity index (χ1) is 6.32. The first kappa shape index (κ1) is 7.36. The highest BCUT2D eigenvalue weighted by Crippen LogP contribution is 2.50. The van der Waals surface area contributed by atoms with Gasteiger partial charge in [-0.1, -0.05) is 6.42 Å². The molecule has 1 spiro atoms. The molecule has 13 heavy (non-hydrogen) atoms. The fourth-order valence-electron chi connectivity index (χ4n) is 2.57. The molecule has 3 rings (SSSR count). The summed E-state index contributed by atoms with van der Waals surface area (Å²) in [4.78, 5) is 12.0. The molecule has 1 heterocycles. The quantitative estimate of drug-likeness (QED) is 0.608. The van der Waals surface area contributed by atoms with E-state index in [2.05, 4.69) is 0 Å². The number of aryl methyl sites for hydroxylation is 1. The number of rotatable bonds is 0. The molecule has 0 unspecified atom stereocenters. The van der Waals surface area contributed by atoms with Crippen molar-refractivity contribution >= 4 is 5.78 Å². The number of Topliss-reactive ketones (excluding diaryl/α,β-unsaturated/α-hetero) is 1. The molecule has 1 fully saturated rings. The molecule has 0 aromatic carbocycles. The fraction of sp³-hybridized carbons (Fsp3) is 0.545. The van der Waals surface area contributed by atoms with Gasteiger partial charge in [0.1, 0.15) is 6.26 Å². The van der Waals surface area contributed by atoms with Crippen molar-refractivity contribution < 1.29 is 9.21 Å². The molecule has 2 nitrogen and oxygen atoms in total. The Balaban J connectivity index is 2.06. The Morgan fingerprint density at radius 1 is 1.23 bits per heavy atom. The van der Waals surface area contributed by atoms with Gasteiger partial charge in [-0.05, 0) is 25.7 Å². The molecule has 68 valence electrons. The number of hydrogen-bond donors (Lipinski definition) is 0. The van der Waals surface area contributed by atoms with Crippen LogP contribution in [0.15, 0.2) is 16.9 Å². The van der Waals surface area contributed by atoms with Gasteiger partial charge in [-0.3, -0.25) is 4.79 Å². The molecule has 2 aliphatic carbocycles. The van der Waals surface area contributed by atoms with Gasteiger partial charge in [0.25, 0.3) is 0 Å². The molecule has 2 aliphatic rings. The minimum absolute atomic E-state index is 0.0247. The van der Waals surface area contributed by atoms with Crippen molar-refractivity contribution in [3.8, 4) is 0 Å². The maximum atomic E-state index is 12.0. The van der Waals surface area contributed by atoms with Crippen LogP contribution in [0.5, 0.6) is 0 Å². The van der Waals surface area contributed by atoms with Crippen LogP contribution in [-0.2, 0) is 6.42 Å². The Labute approximate surface area is 76.9 Å². The van der Waals surface area contributed by atoms with E-state index in [1.54, 1.807) is 12.5 Å². The van der Waals surface area contributed by atoms with Crippen molar-refractivity contribution in [3.63, 3.8) is 0 Å². The molecular weight excluding hydrogens is 164 g/mol. The lowest BCUT2D eigenvalue weighted by Crippen LogP contribution is -2.41. The highest BCUT2D eigenvalue weighted by atomic mass is 16.3. The third kappa shape index (κ3) is 0.808. The average molecular weight is 176 g/mol. The zero-order chi connectivity index (χ0) is 8.89. The van der Waals surface area contributed by atoms with E-state index >= 15 is 0 Å². The second-order valence-corrected chi connectivity index (χ2v) is 4.27. The lowest BCUT2D eigenvalue weighted by atomic mass is 9.59. The summed E-state index contributed by atoms with van der Waals surface area (Å²) in [6, 6.07) is 0. The van der Waals surface area contributed by atoms with Gasteiger partial charge in [0.05, 0.1) is 11.8 Å². The topological polar surface area (TPSA) is 30.2 Å². The molecule has 0 bridgehead atoms. The van der Waals surface area contributed by atoms with Crippen LogP contribution in [0.4, 0.5) is 0 Å². The van der Waals surface area contributed by atoms with Crippen molar-refractivity contribution in [2.45, 2.75) is 32.1 Å². The Morgan fingerprint density at radius 2 is 2.08 bits per heavy atom. The number of furan rings is 1. The second kappa shape index (κ2) is 2.25. The van der Waals surface area contributed by atoms with Crippen LogP contribution in [-0.4, -0.2) is 5.78 Å². The van der Waals surface area contributed by atoms with Crippen LogP contribution >= 0.6 is 0 Å². The SMILES string of the molecule is O=C1c2cocc2CCC12CCC2. The molecular formula is C11H12O2. The normalized spacial score (nSPS) is 24.2. The van der Waals surface area contributed by atoms with E-state index in [9.17, 15) is 4.79 Å². The van der Waals surface area contributed by atoms with E-state index < -0.39 is 0 Å². The Bertz CT molecular complexity index is 358. The van der Waals surface area contributed by atoms with E-state index in [-0.39, 0.29) is 5.41 Å². The predicted molar refractivity (Wildman–Crippen MR) is 47.6 cm³/mol. The van der Waals surface area contributed by atoms with Crippen LogP contribution in [0.3, 0.4) is 0 Å². The molecule has 0 amide bonds. The van der Waals surface area contributed by atoms with Crippen LogP contribution in [0.1, 0.15) is 41.6 Å². The predicted octanol–water partition coefficient (Wildman–Crippen LogP) is 2.58. The van der Waals surface area contributed by atoms with Gasteiger partial charge in [-0.15, -0.1) is 0 Å². The summed E-state index contributed by atoms with van der Waals surface area (Å²) < 4.78 is 5.08. The number of fused-ring (bicyclic) bond motifs is 1. The maximum absolute atomic E-state index is 12.0. The van der Waals surface area contributed by atoms with Gasteiger partial charge in [0.15, 0.2) is 5.78 Å². The van der Waals surface area contributed by atoms with E-state index in [1.165, 1.54) is 6.42 Å². The molecule has 0 saturated heterocycles. The monoisotopic (exact) mass is 176 g/mol. The standard InChI is InChI=1S/C11H12O2/c12-10-9-7-13-6-8(9)2-5-11(10)3-1-4-11/h6-7H,1-5H2. The zero-order valence-corrected chi connectivity index (χ0v) is 7.51. The smallest absolute Gasteiger partial charge is 0.172 e. The highest BCUT2D eigenvalue weighted by Gasteiger charge is 2.47. The lowest BCUT2D eigenvalue weighted by molar-refractivity contribution is 0.0556. The fourth-order valence-corrected chi connectivity index (χ4v) is 2.57. The van der Waals surface area contributed by atoms with Crippen molar-refractivity contribution in [2.75, 3.05) is 0 Å². The number of carbonyl (C=O) groups excluding carboxylic acids is 1. The van der Waals surface area contributed by atoms with Crippen molar-refractivity contribution in [1.29, 1.82) is 0 Å². The van der Waals surface area contributed by atoms with Crippen LogP contribution < -0.4 is 0 Å². The number of carbonyl (C=O) groups is 1. The first-order valence-corrected chi connectivity index (χ1v) is 4.92. The maximum Gasteiger partial charge on any atom is 0.172 e. The molecule has 1 aromatic heterocycles. The Hall–Kier alpha value is -1.05. The second-order valence-electron chi connectivity index (χ2n) is 4.27. The van der Waals surface area contributed by atoms with Gasteiger partial charge < -0.3 is 4.42 Å². The summed E-state index contributed by atoms with van der Waals surface area (Å²) in [5.74, 6) is 0.341. The lowest BCUT2D eigenvalue weighted by Gasteiger charge is -2.42. The van der Waals surface area contributed by atoms with Gasteiger partial charge in [-0.25, -0.2) is 0 Å². The van der Waals surface area contributed by atoms with Crippen molar-refractivity contribution in [3.05, 3.63) is 23.7 Å². The molecule has 0 radical (unpaired) electrons. The van der Waals surface area contributed by atoms with Gasteiger partial charge in [0.2, 0.25) is 0 Å². The molecule has 1 aromatic rings. The summed E-state index contributed by atoms with van der Waals surface area (Å²) in [5, 5.41) is 0. The first-order valence-electron chi connectivity index (χ1n) is 4.92. The third-order valence-electron chi connectivity index (χ3n) is 3.65. The summed E-state index contributed by atoms with van der Waals surface area (Å²) in [5.41, 5.74) is 1.99. The van der Waals surface area contributed by atoms with E-state index in [0.29, 0.717) is 5.78 Å². The molecule has 1 saturated carbocycles.